The maximum absolute atomic E-state index is 13.0. The number of benzene rings is 1. The smallest absolute Gasteiger partial charge is 0.322 e. The van der Waals surface area contributed by atoms with E-state index in [1.807, 2.05) is 49.5 Å². The van der Waals surface area contributed by atoms with E-state index in [1.54, 1.807) is 19.2 Å². The zero-order chi connectivity index (χ0) is 20.4. The molecule has 1 aromatic rings. The zero-order valence-corrected chi connectivity index (χ0v) is 16.3. The second-order valence-electron chi connectivity index (χ2n) is 7.06. The maximum atomic E-state index is 13.0. The Morgan fingerprint density at radius 3 is 3.00 bits per heavy atom. The van der Waals surface area contributed by atoms with Gasteiger partial charge in [0.25, 0.3) is 0 Å². The summed E-state index contributed by atoms with van der Waals surface area (Å²) in [7, 11) is 0. The summed E-state index contributed by atoms with van der Waals surface area (Å²) in [6, 6.07) is 7.63. The van der Waals surface area contributed by atoms with Gasteiger partial charge in [-0.25, -0.2) is 0 Å². The van der Waals surface area contributed by atoms with Crippen molar-refractivity contribution in [3.8, 4) is 0 Å². The fraction of sp³-hybridized carbons (Fsp3) is 0.318. The Morgan fingerprint density at radius 2 is 2.21 bits per heavy atom. The summed E-state index contributed by atoms with van der Waals surface area (Å²) < 4.78 is 11.1. The molecule has 1 saturated heterocycles. The summed E-state index contributed by atoms with van der Waals surface area (Å²) in [5, 5.41) is 6.36. The van der Waals surface area contributed by atoms with Gasteiger partial charge in [-0.15, -0.1) is 0 Å². The Labute approximate surface area is 169 Å². The molecule has 1 fully saturated rings. The van der Waals surface area contributed by atoms with E-state index in [0.717, 1.165) is 16.8 Å². The van der Waals surface area contributed by atoms with Crippen LogP contribution in [0.1, 0.15) is 12.5 Å². The average Bonchev–Trinajstić information content (AvgIpc) is 3.25. The highest BCUT2D eigenvalue weighted by Gasteiger charge is 2.47. The minimum atomic E-state index is -1.06. The second-order valence-corrected chi connectivity index (χ2v) is 7.06. The lowest BCUT2D eigenvalue weighted by Crippen LogP contribution is -2.35. The third kappa shape index (κ3) is 3.68. The van der Waals surface area contributed by atoms with Gasteiger partial charge in [0.15, 0.2) is 17.9 Å². The molecule has 29 heavy (non-hydrogen) atoms. The van der Waals surface area contributed by atoms with E-state index >= 15 is 0 Å². The molecule has 7 nitrogen and oxygen atoms in total. The van der Waals surface area contributed by atoms with E-state index in [1.165, 1.54) is 0 Å². The van der Waals surface area contributed by atoms with Crippen molar-refractivity contribution in [1.82, 2.24) is 5.32 Å². The Kier molecular flexibility index (Phi) is 5.20. The van der Waals surface area contributed by atoms with Gasteiger partial charge in [0.1, 0.15) is 6.17 Å². The number of hydrogen-bond donors (Lipinski definition) is 2. The van der Waals surface area contributed by atoms with E-state index in [9.17, 15) is 9.59 Å². The number of anilines is 1. The van der Waals surface area contributed by atoms with Crippen LogP contribution in [0.5, 0.6) is 0 Å². The van der Waals surface area contributed by atoms with Crippen LogP contribution in [0.4, 0.5) is 5.69 Å². The van der Waals surface area contributed by atoms with Gasteiger partial charge in [-0.1, -0.05) is 24.3 Å². The van der Waals surface area contributed by atoms with Gasteiger partial charge in [-0.2, -0.15) is 0 Å². The summed E-state index contributed by atoms with van der Waals surface area (Å²) in [5.41, 5.74) is 2.66. The molecule has 4 unspecified atom stereocenters. The molecule has 150 valence electrons. The van der Waals surface area contributed by atoms with Crippen LogP contribution in [0.2, 0.25) is 0 Å². The molecule has 0 bridgehead atoms. The van der Waals surface area contributed by atoms with Gasteiger partial charge >= 0.3 is 5.97 Å². The first-order valence-corrected chi connectivity index (χ1v) is 9.66. The maximum Gasteiger partial charge on any atom is 0.322 e. The number of esters is 1. The van der Waals surface area contributed by atoms with Crippen molar-refractivity contribution < 1.29 is 19.1 Å². The van der Waals surface area contributed by atoms with Crippen molar-refractivity contribution in [3.05, 3.63) is 65.6 Å². The monoisotopic (exact) mass is 393 g/mol. The molecule has 0 amide bonds. The standard InChI is InChI=1S/C22H23N3O4/c1-3-28-22(27)18-19(26)17(11-14-12-24-20-15(14)8-6-10-23-20)29-21(18)25-16-9-5-4-7-13(16)2/h4-12,15,18,20-21,24-25H,3H2,1-2H3/b17-11-. The summed E-state index contributed by atoms with van der Waals surface area (Å²) in [5.74, 6) is -1.88. The number of para-hydroxylation sites is 1. The lowest BCUT2D eigenvalue weighted by atomic mass is 9.95. The molecule has 0 saturated carbocycles. The van der Waals surface area contributed by atoms with Crippen molar-refractivity contribution in [2.24, 2.45) is 16.8 Å². The molecule has 4 rings (SSSR count). The Bertz CT molecular complexity index is 947. The van der Waals surface area contributed by atoms with Crippen molar-refractivity contribution in [2.45, 2.75) is 26.2 Å². The highest BCUT2D eigenvalue weighted by Crippen LogP contribution is 2.33. The number of allylic oxidation sites excluding steroid dienone is 3. The Morgan fingerprint density at radius 1 is 1.38 bits per heavy atom. The van der Waals surface area contributed by atoms with Gasteiger partial charge in [0, 0.05) is 24.0 Å². The molecule has 3 heterocycles. The van der Waals surface area contributed by atoms with Crippen molar-refractivity contribution >= 4 is 23.7 Å². The summed E-state index contributed by atoms with van der Waals surface area (Å²) in [6.45, 7) is 3.85. The summed E-state index contributed by atoms with van der Waals surface area (Å²) in [4.78, 5) is 29.9. The van der Waals surface area contributed by atoms with Gasteiger partial charge < -0.3 is 20.1 Å². The van der Waals surface area contributed by atoms with E-state index in [4.69, 9.17) is 9.47 Å². The van der Waals surface area contributed by atoms with E-state index in [-0.39, 0.29) is 30.2 Å². The first-order valence-electron chi connectivity index (χ1n) is 9.66. The molecule has 7 heteroatoms. The van der Waals surface area contributed by atoms with Crippen LogP contribution in [0.25, 0.3) is 0 Å². The van der Waals surface area contributed by atoms with Crippen LogP contribution in [-0.4, -0.2) is 37.0 Å². The first kappa shape index (κ1) is 19.0. The van der Waals surface area contributed by atoms with Crippen LogP contribution in [0.3, 0.4) is 0 Å². The molecule has 3 aliphatic heterocycles. The van der Waals surface area contributed by atoms with Crippen molar-refractivity contribution in [2.75, 3.05) is 11.9 Å². The molecule has 0 spiro atoms. The molecular weight excluding hydrogens is 370 g/mol. The number of ether oxygens (including phenoxy) is 2. The molecule has 3 aliphatic rings. The van der Waals surface area contributed by atoms with Crippen molar-refractivity contribution in [1.29, 1.82) is 0 Å². The van der Waals surface area contributed by atoms with Gasteiger partial charge in [-0.05, 0) is 43.2 Å². The van der Waals surface area contributed by atoms with Crippen molar-refractivity contribution in [3.63, 3.8) is 0 Å². The van der Waals surface area contributed by atoms with Gasteiger partial charge in [-0.3, -0.25) is 14.6 Å². The quantitative estimate of drug-likeness (QED) is 0.454. The fourth-order valence-corrected chi connectivity index (χ4v) is 3.64. The molecule has 0 aromatic heterocycles. The van der Waals surface area contributed by atoms with Crippen LogP contribution in [-0.2, 0) is 19.1 Å². The Hall–Kier alpha value is -3.35. The molecule has 1 aromatic carbocycles. The number of carbonyl (C=O) groups excluding carboxylic acids is 2. The molecule has 2 N–H and O–H groups in total. The molecule has 4 atom stereocenters. The van der Waals surface area contributed by atoms with Gasteiger partial charge in [0.05, 0.1) is 6.61 Å². The average molecular weight is 393 g/mol. The lowest BCUT2D eigenvalue weighted by molar-refractivity contribution is -0.151. The number of fused-ring (bicyclic) bond motifs is 1. The van der Waals surface area contributed by atoms with Crippen LogP contribution in [0, 0.1) is 18.8 Å². The van der Waals surface area contributed by atoms with E-state index < -0.39 is 18.1 Å². The number of dihydropyridines is 1. The highest BCUT2D eigenvalue weighted by molar-refractivity contribution is 6.10. The first-order chi connectivity index (χ1) is 14.1. The van der Waals surface area contributed by atoms with E-state index in [0.29, 0.717) is 0 Å². The number of nitrogens with zero attached hydrogens (tertiary/aromatic N) is 1. The van der Waals surface area contributed by atoms with Crippen LogP contribution in [0.15, 0.2) is 65.0 Å². The number of aliphatic imine (C=N–C) groups is 1. The normalized spacial score (nSPS) is 28.6. The Balaban J connectivity index is 1.60. The second kappa shape index (κ2) is 7.95. The predicted octanol–water partition coefficient (Wildman–Crippen LogP) is 2.47. The topological polar surface area (TPSA) is 89.0 Å². The number of hydrogen-bond acceptors (Lipinski definition) is 7. The van der Waals surface area contributed by atoms with E-state index in [2.05, 4.69) is 15.6 Å². The number of ketones is 1. The summed E-state index contributed by atoms with van der Waals surface area (Å²) >= 11 is 0. The minimum Gasteiger partial charge on any atom is -0.466 e. The minimum absolute atomic E-state index is 0.0216. The predicted molar refractivity (Wildman–Crippen MR) is 109 cm³/mol. The number of carbonyl (C=O) groups is 2. The number of aryl methyl sites for hydroxylation is 1. The molecule has 0 radical (unpaired) electrons. The molecular formula is C22H23N3O4. The third-order valence-corrected chi connectivity index (χ3v) is 5.16. The van der Waals surface area contributed by atoms with Crippen LogP contribution >= 0.6 is 0 Å². The number of rotatable bonds is 5. The van der Waals surface area contributed by atoms with Gasteiger partial charge in [0.2, 0.25) is 5.78 Å². The third-order valence-electron chi connectivity index (χ3n) is 5.16. The van der Waals surface area contributed by atoms with Crippen LogP contribution < -0.4 is 10.6 Å². The highest BCUT2D eigenvalue weighted by atomic mass is 16.5. The SMILES string of the molecule is CCOC(=O)C1C(=O)/C(=C/C2=CNC3N=CC=CC23)OC1Nc1ccccc1C. The molecule has 0 aliphatic carbocycles. The lowest BCUT2D eigenvalue weighted by Gasteiger charge is -2.19. The fourth-order valence-electron chi connectivity index (χ4n) is 3.64. The number of nitrogens with one attached hydrogen (secondary N) is 2. The zero-order valence-electron chi connectivity index (χ0n) is 16.3. The number of Topliss-reactive ketones (excluding diaryl/α,β-unsaturated/α-hetero) is 1. The largest absolute Gasteiger partial charge is 0.466 e. The summed E-state index contributed by atoms with van der Waals surface area (Å²) in [6.07, 6.45) is 8.25.